The molecule has 0 aliphatic carbocycles. The van der Waals surface area contributed by atoms with Gasteiger partial charge in [0, 0.05) is 0 Å². The highest BCUT2D eigenvalue weighted by Gasteiger charge is 2.04. The molecule has 0 fully saturated rings. The van der Waals surface area contributed by atoms with E-state index in [4.69, 9.17) is 26.2 Å². The van der Waals surface area contributed by atoms with Crippen LogP contribution in [0.5, 0.6) is 11.5 Å². The van der Waals surface area contributed by atoms with E-state index in [2.05, 4.69) is 10.5 Å². The first-order valence-electron chi connectivity index (χ1n) is 7.18. The van der Waals surface area contributed by atoms with E-state index in [1.807, 2.05) is 0 Å². The van der Waals surface area contributed by atoms with Crippen LogP contribution in [0.4, 0.5) is 0 Å². The number of nitrogens with one attached hydrogen (secondary N) is 1. The van der Waals surface area contributed by atoms with Gasteiger partial charge in [-0.15, -0.1) is 0 Å². The molecule has 2 aromatic carbocycles. The molecule has 25 heavy (non-hydrogen) atoms. The minimum absolute atomic E-state index is 0.233. The lowest BCUT2D eigenvalue weighted by Gasteiger charge is -2.06. The van der Waals surface area contributed by atoms with Crippen molar-refractivity contribution in [2.24, 2.45) is 5.10 Å². The van der Waals surface area contributed by atoms with E-state index in [-0.39, 0.29) is 6.61 Å². The molecular formula is C17H15ClN2O5. The summed E-state index contributed by atoms with van der Waals surface area (Å²) in [6.45, 7) is -0.667. The van der Waals surface area contributed by atoms with Crippen LogP contribution < -0.4 is 14.9 Å². The molecule has 0 spiro atoms. The number of aliphatic carboxylic acids is 1. The third kappa shape index (κ3) is 6.52. The number of hydrogen-bond donors (Lipinski definition) is 2. The summed E-state index contributed by atoms with van der Waals surface area (Å²) < 4.78 is 10.3. The Labute approximate surface area is 148 Å². The highest BCUT2D eigenvalue weighted by Crippen LogP contribution is 2.22. The van der Waals surface area contributed by atoms with Crippen LogP contribution in [0.25, 0.3) is 0 Å². The van der Waals surface area contributed by atoms with E-state index < -0.39 is 18.5 Å². The van der Waals surface area contributed by atoms with Crippen molar-refractivity contribution in [3.05, 3.63) is 59.1 Å². The molecule has 0 saturated heterocycles. The molecule has 0 saturated carbocycles. The Bertz CT molecular complexity index is 779. The smallest absolute Gasteiger partial charge is 0.341 e. The standard InChI is InChI=1S/C17H15ClN2O5/c18-14-6-1-2-7-15(14)25-10-16(21)20-19-9-12-4-3-5-13(8-12)24-11-17(22)23/h1-9H,10-11H2,(H,20,21)(H,22,23)/b19-9-. The number of benzene rings is 2. The summed E-state index contributed by atoms with van der Waals surface area (Å²) in [5, 5.41) is 12.8. The summed E-state index contributed by atoms with van der Waals surface area (Å²) in [6.07, 6.45) is 1.40. The summed E-state index contributed by atoms with van der Waals surface area (Å²) in [7, 11) is 0. The zero-order valence-corrected chi connectivity index (χ0v) is 13.8. The lowest BCUT2D eigenvalue weighted by atomic mass is 10.2. The van der Waals surface area contributed by atoms with Crippen molar-refractivity contribution in [2.75, 3.05) is 13.2 Å². The normalized spacial score (nSPS) is 10.4. The van der Waals surface area contributed by atoms with Gasteiger partial charge in [0.15, 0.2) is 13.2 Å². The van der Waals surface area contributed by atoms with Gasteiger partial charge < -0.3 is 14.6 Å². The number of nitrogens with zero attached hydrogens (tertiary/aromatic N) is 1. The number of carbonyl (C=O) groups is 2. The summed E-state index contributed by atoms with van der Waals surface area (Å²) in [5.41, 5.74) is 2.95. The first-order chi connectivity index (χ1) is 12.0. The Balaban J connectivity index is 1.82. The second-order valence-electron chi connectivity index (χ2n) is 4.77. The lowest BCUT2D eigenvalue weighted by molar-refractivity contribution is -0.139. The maximum absolute atomic E-state index is 11.7. The Morgan fingerprint density at radius 1 is 1.12 bits per heavy atom. The second kappa shape index (κ2) is 9.29. The maximum Gasteiger partial charge on any atom is 0.341 e. The van der Waals surface area contributed by atoms with Gasteiger partial charge in [-0.05, 0) is 29.8 Å². The van der Waals surface area contributed by atoms with E-state index in [1.165, 1.54) is 6.21 Å². The fourth-order valence-corrected chi connectivity index (χ4v) is 1.94. The molecule has 2 rings (SSSR count). The number of carbonyl (C=O) groups excluding carboxylic acids is 1. The summed E-state index contributed by atoms with van der Waals surface area (Å²) in [4.78, 5) is 22.2. The van der Waals surface area contributed by atoms with Crippen LogP contribution in [0.15, 0.2) is 53.6 Å². The number of carboxylic acid groups (broad SMARTS) is 1. The highest BCUT2D eigenvalue weighted by atomic mass is 35.5. The van der Waals surface area contributed by atoms with Gasteiger partial charge in [-0.3, -0.25) is 4.79 Å². The van der Waals surface area contributed by atoms with E-state index in [0.717, 1.165) is 0 Å². The van der Waals surface area contributed by atoms with E-state index in [1.54, 1.807) is 48.5 Å². The lowest BCUT2D eigenvalue weighted by Crippen LogP contribution is -2.24. The largest absolute Gasteiger partial charge is 0.482 e. The Hall–Kier alpha value is -3.06. The molecule has 2 N–H and O–H groups in total. The van der Waals surface area contributed by atoms with Gasteiger partial charge in [-0.25, -0.2) is 10.2 Å². The predicted octanol–water partition coefficient (Wildman–Crippen LogP) is 2.33. The third-order valence-electron chi connectivity index (χ3n) is 2.82. The molecule has 0 radical (unpaired) electrons. The number of ether oxygens (including phenoxy) is 2. The zero-order valence-electron chi connectivity index (χ0n) is 13.0. The number of para-hydroxylation sites is 1. The highest BCUT2D eigenvalue weighted by molar-refractivity contribution is 6.32. The molecule has 0 heterocycles. The van der Waals surface area contributed by atoms with Gasteiger partial charge in [0.25, 0.3) is 5.91 Å². The Kier molecular flexibility index (Phi) is 6.79. The minimum Gasteiger partial charge on any atom is -0.482 e. The molecule has 1 amide bonds. The number of carboxylic acids is 1. The van der Waals surface area contributed by atoms with Gasteiger partial charge in [0.05, 0.1) is 11.2 Å². The zero-order chi connectivity index (χ0) is 18.1. The molecule has 130 valence electrons. The van der Waals surface area contributed by atoms with Crippen LogP contribution in [0, 0.1) is 0 Å². The van der Waals surface area contributed by atoms with E-state index in [9.17, 15) is 9.59 Å². The van der Waals surface area contributed by atoms with Crippen LogP contribution in [0.2, 0.25) is 5.02 Å². The van der Waals surface area contributed by atoms with Gasteiger partial charge in [-0.2, -0.15) is 5.10 Å². The van der Waals surface area contributed by atoms with Crippen molar-refractivity contribution in [3.63, 3.8) is 0 Å². The average molecular weight is 363 g/mol. The fraction of sp³-hybridized carbons (Fsp3) is 0.118. The Morgan fingerprint density at radius 3 is 2.68 bits per heavy atom. The summed E-state index contributed by atoms with van der Waals surface area (Å²) >= 11 is 5.92. The number of rotatable bonds is 8. The summed E-state index contributed by atoms with van der Waals surface area (Å²) in [6, 6.07) is 13.4. The predicted molar refractivity (Wildman–Crippen MR) is 92.3 cm³/mol. The van der Waals surface area contributed by atoms with Gasteiger partial charge in [0.1, 0.15) is 11.5 Å². The van der Waals surface area contributed by atoms with E-state index in [0.29, 0.717) is 22.1 Å². The number of halogens is 1. The van der Waals surface area contributed by atoms with Crippen LogP contribution in [0.1, 0.15) is 5.56 Å². The van der Waals surface area contributed by atoms with Crippen molar-refractivity contribution in [1.82, 2.24) is 5.43 Å². The SMILES string of the molecule is O=C(O)COc1cccc(/C=N\NC(=O)COc2ccccc2Cl)c1. The number of amides is 1. The average Bonchev–Trinajstić information content (AvgIpc) is 2.60. The van der Waals surface area contributed by atoms with E-state index >= 15 is 0 Å². The molecule has 0 unspecified atom stereocenters. The molecule has 0 aromatic heterocycles. The van der Waals surface area contributed by atoms with Crippen LogP contribution in [0.3, 0.4) is 0 Å². The molecular weight excluding hydrogens is 348 g/mol. The third-order valence-corrected chi connectivity index (χ3v) is 3.13. The Morgan fingerprint density at radius 2 is 1.92 bits per heavy atom. The first-order valence-corrected chi connectivity index (χ1v) is 7.56. The topological polar surface area (TPSA) is 97.2 Å². The first kappa shape index (κ1) is 18.3. The van der Waals surface area contributed by atoms with Crippen molar-refractivity contribution in [1.29, 1.82) is 0 Å². The minimum atomic E-state index is -1.06. The summed E-state index contributed by atoms with van der Waals surface area (Å²) in [5.74, 6) is -0.717. The number of hydrogen-bond acceptors (Lipinski definition) is 5. The van der Waals surface area contributed by atoms with Gasteiger partial charge in [0.2, 0.25) is 0 Å². The van der Waals surface area contributed by atoms with Crippen LogP contribution in [-0.2, 0) is 9.59 Å². The van der Waals surface area contributed by atoms with Crippen LogP contribution >= 0.6 is 11.6 Å². The number of hydrazone groups is 1. The molecule has 7 nitrogen and oxygen atoms in total. The second-order valence-corrected chi connectivity index (χ2v) is 5.17. The van der Waals surface area contributed by atoms with Crippen LogP contribution in [-0.4, -0.2) is 36.4 Å². The fourth-order valence-electron chi connectivity index (χ4n) is 1.75. The van der Waals surface area contributed by atoms with Gasteiger partial charge in [-0.1, -0.05) is 35.9 Å². The molecule has 0 aliphatic heterocycles. The van der Waals surface area contributed by atoms with Crippen molar-refractivity contribution < 1.29 is 24.2 Å². The van der Waals surface area contributed by atoms with Gasteiger partial charge >= 0.3 is 5.97 Å². The molecule has 0 aliphatic rings. The van der Waals surface area contributed by atoms with Crippen molar-refractivity contribution in [3.8, 4) is 11.5 Å². The monoisotopic (exact) mass is 362 g/mol. The molecule has 8 heteroatoms. The molecule has 2 aromatic rings. The molecule has 0 bridgehead atoms. The molecule has 0 atom stereocenters. The quantitative estimate of drug-likeness (QED) is 0.555. The van der Waals surface area contributed by atoms with Crippen molar-refractivity contribution >= 4 is 29.7 Å². The maximum atomic E-state index is 11.7. The van der Waals surface area contributed by atoms with Crippen molar-refractivity contribution in [2.45, 2.75) is 0 Å².